The van der Waals surface area contributed by atoms with Gasteiger partial charge in [0.15, 0.2) is 5.16 Å². The van der Waals surface area contributed by atoms with Gasteiger partial charge >= 0.3 is 0 Å². The number of nitrogens with two attached hydrogens (primary N) is 1. The molecule has 4 nitrogen and oxygen atoms in total. The largest absolute Gasteiger partial charge is 0.326 e. The van der Waals surface area contributed by atoms with Crippen molar-refractivity contribution in [2.75, 3.05) is 0 Å². The number of halogens is 1. The molecule has 1 aliphatic rings. The van der Waals surface area contributed by atoms with Gasteiger partial charge in [-0.05, 0) is 18.4 Å². The zero-order valence-electron chi connectivity index (χ0n) is 11.9. The van der Waals surface area contributed by atoms with E-state index in [1.807, 2.05) is 6.07 Å². The van der Waals surface area contributed by atoms with E-state index < -0.39 is 0 Å². The topological polar surface area (TPSA) is 56.7 Å². The van der Waals surface area contributed by atoms with E-state index in [4.69, 9.17) is 5.73 Å². The highest BCUT2D eigenvalue weighted by Crippen LogP contribution is 2.26. The fraction of sp³-hybridized carbons (Fsp3) is 0.467. The Kier molecular flexibility index (Phi) is 4.55. The lowest BCUT2D eigenvalue weighted by Gasteiger charge is -2.08. The van der Waals surface area contributed by atoms with Crippen molar-refractivity contribution in [1.82, 2.24) is 14.8 Å². The van der Waals surface area contributed by atoms with E-state index in [-0.39, 0.29) is 12.4 Å². The van der Waals surface area contributed by atoms with Crippen molar-refractivity contribution in [2.24, 2.45) is 5.73 Å². The molecule has 21 heavy (non-hydrogen) atoms. The molecule has 0 spiro atoms. The maximum atomic E-state index is 14.2. The first-order valence-corrected chi connectivity index (χ1v) is 8.29. The summed E-state index contributed by atoms with van der Waals surface area (Å²) in [6.07, 6.45) is 4.57. The molecule has 0 amide bonds. The Labute approximate surface area is 127 Å². The van der Waals surface area contributed by atoms with Gasteiger partial charge in [0.1, 0.15) is 11.6 Å². The van der Waals surface area contributed by atoms with Crippen LogP contribution < -0.4 is 5.73 Å². The molecule has 0 bridgehead atoms. The number of fused-ring (bicyclic) bond motifs is 1. The summed E-state index contributed by atoms with van der Waals surface area (Å²) in [5, 5.41) is 9.41. The number of aryl methyl sites for hydroxylation is 1. The molecular weight excluding hydrogens is 287 g/mol. The van der Waals surface area contributed by atoms with Crippen molar-refractivity contribution in [1.29, 1.82) is 0 Å². The summed E-state index contributed by atoms with van der Waals surface area (Å²) in [6, 6.07) is 5.39. The van der Waals surface area contributed by atoms with Gasteiger partial charge in [0, 0.05) is 30.8 Å². The quantitative estimate of drug-likeness (QED) is 0.883. The van der Waals surface area contributed by atoms with Crippen molar-refractivity contribution < 1.29 is 4.39 Å². The Balaban J connectivity index is 1.75. The van der Waals surface area contributed by atoms with Gasteiger partial charge in [0.2, 0.25) is 0 Å². The van der Waals surface area contributed by atoms with Crippen LogP contribution in [0.25, 0.3) is 0 Å². The Hall–Kier alpha value is -1.40. The molecule has 1 aromatic carbocycles. The minimum Gasteiger partial charge on any atom is -0.326 e. The van der Waals surface area contributed by atoms with Gasteiger partial charge < -0.3 is 10.3 Å². The predicted octanol–water partition coefficient (Wildman–Crippen LogP) is 2.89. The van der Waals surface area contributed by atoms with Crippen LogP contribution in [0.1, 0.15) is 36.2 Å². The van der Waals surface area contributed by atoms with E-state index in [2.05, 4.69) is 14.8 Å². The average Bonchev–Trinajstić information content (AvgIpc) is 2.73. The van der Waals surface area contributed by atoms with Crippen LogP contribution in [0, 0.1) is 5.82 Å². The molecule has 112 valence electrons. The number of hydrogen-bond acceptors (Lipinski definition) is 4. The SMILES string of the molecule is NCc1cccc(CSc2nnc3n2CCCCC3)c1F. The van der Waals surface area contributed by atoms with E-state index >= 15 is 0 Å². The third-order valence-corrected chi connectivity index (χ3v) is 4.83. The first-order valence-electron chi connectivity index (χ1n) is 7.31. The lowest BCUT2D eigenvalue weighted by atomic mass is 10.1. The molecule has 6 heteroatoms. The van der Waals surface area contributed by atoms with Gasteiger partial charge in [-0.1, -0.05) is 36.4 Å². The summed E-state index contributed by atoms with van der Waals surface area (Å²) in [6.45, 7) is 1.20. The molecule has 0 atom stereocenters. The van der Waals surface area contributed by atoms with Gasteiger partial charge in [0.25, 0.3) is 0 Å². The zero-order valence-corrected chi connectivity index (χ0v) is 12.7. The van der Waals surface area contributed by atoms with E-state index in [9.17, 15) is 4.39 Å². The smallest absolute Gasteiger partial charge is 0.191 e. The zero-order chi connectivity index (χ0) is 14.7. The highest BCUT2D eigenvalue weighted by Gasteiger charge is 2.16. The fourth-order valence-electron chi connectivity index (χ4n) is 2.61. The fourth-order valence-corrected chi connectivity index (χ4v) is 3.57. The van der Waals surface area contributed by atoms with E-state index in [1.165, 1.54) is 12.8 Å². The lowest BCUT2D eigenvalue weighted by Crippen LogP contribution is -2.04. The number of benzene rings is 1. The second-order valence-electron chi connectivity index (χ2n) is 5.24. The number of rotatable bonds is 4. The van der Waals surface area contributed by atoms with Crippen molar-refractivity contribution in [2.45, 2.75) is 49.7 Å². The van der Waals surface area contributed by atoms with Crippen LogP contribution in [0.3, 0.4) is 0 Å². The van der Waals surface area contributed by atoms with Crippen LogP contribution in [-0.2, 0) is 25.3 Å². The van der Waals surface area contributed by atoms with Gasteiger partial charge in [0.05, 0.1) is 0 Å². The summed E-state index contributed by atoms with van der Waals surface area (Å²) in [5.74, 6) is 1.42. The Bertz CT molecular complexity index is 626. The third kappa shape index (κ3) is 3.11. The lowest BCUT2D eigenvalue weighted by molar-refractivity contribution is 0.589. The van der Waals surface area contributed by atoms with Gasteiger partial charge in [-0.3, -0.25) is 0 Å². The van der Waals surface area contributed by atoms with Crippen LogP contribution in [0.4, 0.5) is 4.39 Å². The Morgan fingerprint density at radius 2 is 2.05 bits per heavy atom. The second-order valence-corrected chi connectivity index (χ2v) is 6.19. The molecule has 1 aromatic heterocycles. The van der Waals surface area contributed by atoms with Gasteiger partial charge in [-0.2, -0.15) is 0 Å². The highest BCUT2D eigenvalue weighted by atomic mass is 32.2. The molecule has 0 saturated heterocycles. The third-order valence-electron chi connectivity index (χ3n) is 3.81. The maximum Gasteiger partial charge on any atom is 0.191 e. The van der Waals surface area contributed by atoms with Crippen molar-refractivity contribution >= 4 is 11.8 Å². The predicted molar refractivity (Wildman–Crippen MR) is 81.4 cm³/mol. The van der Waals surface area contributed by atoms with E-state index in [0.29, 0.717) is 16.9 Å². The monoisotopic (exact) mass is 306 g/mol. The summed E-state index contributed by atoms with van der Waals surface area (Å²) in [5.41, 5.74) is 6.78. The van der Waals surface area contributed by atoms with Crippen LogP contribution in [0.2, 0.25) is 0 Å². The molecule has 0 fully saturated rings. The summed E-state index contributed by atoms with van der Waals surface area (Å²) >= 11 is 1.55. The minimum absolute atomic E-state index is 0.192. The van der Waals surface area contributed by atoms with Crippen molar-refractivity contribution in [3.05, 3.63) is 41.0 Å². The van der Waals surface area contributed by atoms with E-state index in [1.54, 1.807) is 23.9 Å². The molecular formula is C15H19FN4S. The normalized spacial score (nSPS) is 14.8. The molecule has 1 aliphatic heterocycles. The molecule has 2 aromatic rings. The Morgan fingerprint density at radius 1 is 1.19 bits per heavy atom. The standard InChI is InChI=1S/C15H19FN4S/c16-14-11(9-17)5-4-6-12(14)10-21-15-19-18-13-7-2-1-3-8-20(13)15/h4-6H,1-3,7-10,17H2. The van der Waals surface area contributed by atoms with Crippen LogP contribution in [0.15, 0.2) is 23.4 Å². The number of hydrogen-bond donors (Lipinski definition) is 1. The average molecular weight is 306 g/mol. The maximum absolute atomic E-state index is 14.2. The molecule has 2 heterocycles. The molecule has 0 radical (unpaired) electrons. The number of thioether (sulfide) groups is 1. The molecule has 0 unspecified atom stereocenters. The van der Waals surface area contributed by atoms with Crippen molar-refractivity contribution in [3.8, 4) is 0 Å². The second kappa shape index (κ2) is 6.58. The molecule has 2 N–H and O–H groups in total. The minimum atomic E-state index is -0.192. The molecule has 0 saturated carbocycles. The van der Waals surface area contributed by atoms with Crippen LogP contribution >= 0.6 is 11.8 Å². The van der Waals surface area contributed by atoms with Gasteiger partial charge in [-0.15, -0.1) is 10.2 Å². The van der Waals surface area contributed by atoms with Gasteiger partial charge in [-0.25, -0.2) is 4.39 Å². The Morgan fingerprint density at radius 3 is 2.90 bits per heavy atom. The van der Waals surface area contributed by atoms with Crippen molar-refractivity contribution in [3.63, 3.8) is 0 Å². The first kappa shape index (κ1) is 14.5. The summed E-state index contributed by atoms with van der Waals surface area (Å²) in [7, 11) is 0. The number of aromatic nitrogens is 3. The summed E-state index contributed by atoms with van der Waals surface area (Å²) in [4.78, 5) is 0. The van der Waals surface area contributed by atoms with Crippen LogP contribution in [-0.4, -0.2) is 14.8 Å². The first-order chi connectivity index (χ1) is 10.3. The van der Waals surface area contributed by atoms with Crippen LogP contribution in [0.5, 0.6) is 0 Å². The molecule has 0 aliphatic carbocycles. The number of nitrogens with zero attached hydrogens (tertiary/aromatic N) is 3. The highest BCUT2D eigenvalue weighted by molar-refractivity contribution is 7.98. The molecule has 3 rings (SSSR count). The summed E-state index contributed by atoms with van der Waals surface area (Å²) < 4.78 is 16.4. The van der Waals surface area contributed by atoms with E-state index in [0.717, 1.165) is 30.4 Å².